The van der Waals surface area contributed by atoms with Gasteiger partial charge in [0.1, 0.15) is 0 Å². The van der Waals surface area contributed by atoms with Gasteiger partial charge in [0, 0.05) is 47.6 Å². The molecule has 2 aliphatic rings. The van der Waals surface area contributed by atoms with Crippen molar-refractivity contribution in [2.45, 2.75) is 37.9 Å². The molecule has 1 N–H and O–H groups in total. The van der Waals surface area contributed by atoms with Crippen LogP contribution >= 0.6 is 23.2 Å². The maximum Gasteiger partial charge on any atom is 0.228 e. The van der Waals surface area contributed by atoms with Crippen molar-refractivity contribution in [3.8, 4) is 0 Å². The smallest absolute Gasteiger partial charge is 0.228 e. The highest BCUT2D eigenvalue weighted by atomic mass is 35.5. The van der Waals surface area contributed by atoms with Gasteiger partial charge < -0.3 is 10.2 Å². The number of piperidine rings is 2. The van der Waals surface area contributed by atoms with Crippen molar-refractivity contribution in [3.05, 3.63) is 58.1 Å². The van der Waals surface area contributed by atoms with Gasteiger partial charge >= 0.3 is 0 Å². The van der Waals surface area contributed by atoms with Crippen LogP contribution in [0, 0.1) is 5.92 Å². The highest BCUT2D eigenvalue weighted by molar-refractivity contribution is 7.88. The van der Waals surface area contributed by atoms with Gasteiger partial charge in [-0.05, 0) is 74.1 Å². The summed E-state index contributed by atoms with van der Waals surface area (Å²) in [7, 11) is -3.61. The largest absolute Gasteiger partial charge is 0.372 e. The fourth-order valence-electron chi connectivity index (χ4n) is 4.49. The normalized spacial score (nSPS) is 19.9. The van der Waals surface area contributed by atoms with Crippen molar-refractivity contribution in [3.63, 3.8) is 0 Å². The predicted molar refractivity (Wildman–Crippen MR) is 135 cm³/mol. The Morgan fingerprint density at radius 2 is 1.70 bits per heavy atom. The van der Waals surface area contributed by atoms with E-state index in [1.54, 1.807) is 12.1 Å². The molecule has 2 heterocycles. The minimum atomic E-state index is -3.61. The van der Waals surface area contributed by atoms with Crippen molar-refractivity contribution in [2.75, 3.05) is 36.4 Å². The van der Waals surface area contributed by atoms with Crippen molar-refractivity contribution < 1.29 is 13.2 Å². The SMILES string of the molecule is O=C(Nc1ccc(N2CCCCC2)cc1)C1CCCN(S(=O)(=O)Cc2ccc(Cl)cc2Cl)C1. The number of halogens is 2. The first-order valence-electron chi connectivity index (χ1n) is 11.4. The molecule has 4 rings (SSSR count). The Kier molecular flexibility index (Phi) is 7.84. The first-order valence-corrected chi connectivity index (χ1v) is 13.8. The molecule has 0 aliphatic carbocycles. The molecule has 0 radical (unpaired) electrons. The standard InChI is InChI=1S/C24H29Cl2N3O3S/c25-20-7-6-19(23(26)15-20)17-33(31,32)29-14-4-5-18(16-29)24(30)27-21-8-10-22(11-9-21)28-12-2-1-3-13-28/h6-11,15,18H,1-5,12-14,16-17H2,(H,27,30). The van der Waals surface area contributed by atoms with Crippen LogP contribution in [-0.2, 0) is 20.6 Å². The average Bonchev–Trinajstić information content (AvgIpc) is 2.82. The zero-order chi connectivity index (χ0) is 23.4. The van der Waals surface area contributed by atoms with Crippen molar-refractivity contribution >= 4 is 50.5 Å². The quantitative estimate of drug-likeness (QED) is 0.583. The lowest BCUT2D eigenvalue weighted by Gasteiger charge is -2.31. The molecule has 0 spiro atoms. The number of hydrogen-bond acceptors (Lipinski definition) is 4. The Morgan fingerprint density at radius 1 is 0.970 bits per heavy atom. The molecule has 2 fully saturated rings. The van der Waals surface area contributed by atoms with E-state index in [-0.39, 0.29) is 18.2 Å². The summed E-state index contributed by atoms with van der Waals surface area (Å²) in [5.41, 5.74) is 2.40. The van der Waals surface area contributed by atoms with Gasteiger partial charge in [-0.15, -0.1) is 0 Å². The van der Waals surface area contributed by atoms with Crippen LogP contribution in [-0.4, -0.2) is 44.8 Å². The van der Waals surface area contributed by atoms with Crippen molar-refractivity contribution in [1.82, 2.24) is 4.31 Å². The molecular weight excluding hydrogens is 481 g/mol. The number of anilines is 2. The minimum absolute atomic E-state index is 0.148. The van der Waals surface area contributed by atoms with Crippen LogP contribution in [0.4, 0.5) is 11.4 Å². The lowest BCUT2D eigenvalue weighted by molar-refractivity contribution is -0.120. The van der Waals surface area contributed by atoms with Gasteiger partial charge in [0.05, 0.1) is 11.7 Å². The molecule has 2 aliphatic heterocycles. The number of rotatable bonds is 6. The van der Waals surface area contributed by atoms with Gasteiger partial charge in [0.15, 0.2) is 0 Å². The van der Waals surface area contributed by atoms with Crippen LogP contribution in [0.1, 0.15) is 37.7 Å². The summed E-state index contributed by atoms with van der Waals surface area (Å²) >= 11 is 12.1. The third kappa shape index (κ3) is 6.21. The Hall–Kier alpha value is -1.80. The van der Waals surface area contributed by atoms with Gasteiger partial charge in [-0.25, -0.2) is 12.7 Å². The van der Waals surface area contributed by atoms with Crippen LogP contribution in [0.15, 0.2) is 42.5 Å². The summed E-state index contributed by atoms with van der Waals surface area (Å²) in [4.78, 5) is 15.3. The predicted octanol–water partition coefficient (Wildman–Crippen LogP) is 5.16. The molecule has 0 aromatic heterocycles. The summed E-state index contributed by atoms with van der Waals surface area (Å²) < 4.78 is 27.4. The second kappa shape index (κ2) is 10.6. The first kappa shape index (κ1) is 24.3. The maximum atomic E-state index is 13.0. The molecule has 33 heavy (non-hydrogen) atoms. The number of nitrogens with one attached hydrogen (secondary N) is 1. The average molecular weight is 510 g/mol. The summed E-state index contributed by atoms with van der Waals surface area (Å²) in [5.74, 6) is -0.754. The van der Waals surface area contributed by atoms with Crippen LogP contribution in [0.2, 0.25) is 10.0 Å². The lowest BCUT2D eigenvalue weighted by Crippen LogP contribution is -2.44. The van der Waals surface area contributed by atoms with Gasteiger partial charge in [0.2, 0.25) is 15.9 Å². The summed E-state index contributed by atoms with van der Waals surface area (Å²) in [6.07, 6.45) is 5.00. The third-order valence-electron chi connectivity index (χ3n) is 6.36. The number of benzene rings is 2. The topological polar surface area (TPSA) is 69.7 Å². The second-order valence-corrected chi connectivity index (χ2v) is 11.6. The molecule has 2 aromatic rings. The number of hydrogen-bond donors (Lipinski definition) is 1. The lowest BCUT2D eigenvalue weighted by atomic mass is 9.98. The van der Waals surface area contributed by atoms with Gasteiger partial charge in [0.25, 0.3) is 0 Å². The van der Waals surface area contributed by atoms with E-state index in [0.717, 1.165) is 18.8 Å². The molecule has 1 amide bonds. The molecule has 6 nitrogen and oxygen atoms in total. The van der Waals surface area contributed by atoms with Crippen LogP contribution in [0.5, 0.6) is 0 Å². The number of amides is 1. The fraction of sp³-hybridized carbons (Fsp3) is 0.458. The number of sulfonamides is 1. The zero-order valence-electron chi connectivity index (χ0n) is 18.5. The van der Waals surface area contributed by atoms with E-state index in [0.29, 0.717) is 35.0 Å². The van der Waals surface area contributed by atoms with E-state index in [4.69, 9.17) is 23.2 Å². The van der Waals surface area contributed by atoms with E-state index in [1.807, 2.05) is 24.3 Å². The summed E-state index contributed by atoms with van der Waals surface area (Å²) in [5, 5.41) is 3.75. The van der Waals surface area contributed by atoms with E-state index in [2.05, 4.69) is 10.2 Å². The second-order valence-electron chi connectivity index (χ2n) is 8.77. The molecule has 0 saturated carbocycles. The van der Waals surface area contributed by atoms with Gasteiger partial charge in [-0.2, -0.15) is 0 Å². The Labute approximate surface area is 205 Å². The molecule has 0 bridgehead atoms. The molecule has 1 atom stereocenters. The monoisotopic (exact) mass is 509 g/mol. The molecule has 2 aromatic carbocycles. The zero-order valence-corrected chi connectivity index (χ0v) is 20.8. The Bertz CT molecular complexity index is 1090. The number of carbonyl (C=O) groups excluding carboxylic acids is 1. The Balaban J connectivity index is 1.36. The van der Waals surface area contributed by atoms with Crippen LogP contribution in [0.3, 0.4) is 0 Å². The molecule has 2 saturated heterocycles. The van der Waals surface area contributed by atoms with Crippen molar-refractivity contribution in [1.29, 1.82) is 0 Å². The highest BCUT2D eigenvalue weighted by Gasteiger charge is 2.32. The maximum absolute atomic E-state index is 13.0. The van der Waals surface area contributed by atoms with E-state index >= 15 is 0 Å². The highest BCUT2D eigenvalue weighted by Crippen LogP contribution is 2.27. The molecule has 178 valence electrons. The molecule has 1 unspecified atom stereocenters. The minimum Gasteiger partial charge on any atom is -0.372 e. The first-order chi connectivity index (χ1) is 15.8. The molecule has 9 heteroatoms. The van der Waals surface area contributed by atoms with E-state index < -0.39 is 15.9 Å². The number of nitrogens with zero attached hydrogens (tertiary/aromatic N) is 2. The van der Waals surface area contributed by atoms with Crippen LogP contribution in [0.25, 0.3) is 0 Å². The fourth-order valence-corrected chi connectivity index (χ4v) is 6.68. The summed E-state index contributed by atoms with van der Waals surface area (Å²) in [6.45, 7) is 2.71. The van der Waals surface area contributed by atoms with Gasteiger partial charge in [-0.3, -0.25) is 4.79 Å². The summed E-state index contributed by atoms with van der Waals surface area (Å²) in [6, 6.07) is 12.7. The Morgan fingerprint density at radius 3 is 2.39 bits per heavy atom. The van der Waals surface area contributed by atoms with Gasteiger partial charge in [-0.1, -0.05) is 29.3 Å². The van der Waals surface area contributed by atoms with E-state index in [1.165, 1.54) is 35.3 Å². The van der Waals surface area contributed by atoms with Crippen LogP contribution < -0.4 is 10.2 Å². The number of carbonyl (C=O) groups is 1. The third-order valence-corrected chi connectivity index (χ3v) is 8.74. The molecular formula is C24H29Cl2N3O3S. The van der Waals surface area contributed by atoms with Crippen molar-refractivity contribution in [2.24, 2.45) is 5.92 Å². The van der Waals surface area contributed by atoms with E-state index in [9.17, 15) is 13.2 Å².